The molecule has 0 aliphatic heterocycles. The molecule has 0 amide bonds. The highest BCUT2D eigenvalue weighted by molar-refractivity contribution is 5.81. The molecular formula is C24H20F22O8. The summed E-state index contributed by atoms with van der Waals surface area (Å²) in [5.41, 5.74) is -18.6. The fourth-order valence-corrected chi connectivity index (χ4v) is 3.17. The van der Waals surface area contributed by atoms with E-state index in [1.165, 1.54) is 0 Å². The van der Waals surface area contributed by atoms with Crippen molar-refractivity contribution in [1.29, 1.82) is 0 Å². The van der Waals surface area contributed by atoms with Gasteiger partial charge in [0.2, 0.25) is 5.85 Å². The van der Waals surface area contributed by atoms with Gasteiger partial charge in [0, 0.05) is 19.1 Å². The molecule has 6 atom stereocenters. The van der Waals surface area contributed by atoms with E-state index < -0.39 is 124 Å². The van der Waals surface area contributed by atoms with Crippen LogP contribution in [0.25, 0.3) is 0 Å². The lowest BCUT2D eigenvalue weighted by molar-refractivity contribution is -0.561. The molecule has 8 nitrogen and oxygen atoms in total. The van der Waals surface area contributed by atoms with Crippen LogP contribution in [0.5, 0.6) is 0 Å². The number of rotatable bonds is 21. The van der Waals surface area contributed by atoms with E-state index in [2.05, 4.69) is 32.1 Å². The third-order valence-corrected chi connectivity index (χ3v) is 5.87. The summed E-state index contributed by atoms with van der Waals surface area (Å²) < 4.78 is 336. The van der Waals surface area contributed by atoms with Gasteiger partial charge in [-0.15, -0.1) is 0 Å². The summed E-state index contributed by atoms with van der Waals surface area (Å²) in [5.74, 6) is -29.3. The molecule has 0 aromatic rings. The van der Waals surface area contributed by atoms with E-state index >= 15 is 43.9 Å². The molecule has 0 bridgehead atoms. The highest BCUT2D eigenvalue weighted by Gasteiger charge is 2.98. The van der Waals surface area contributed by atoms with Gasteiger partial charge in [-0.05, 0) is 6.92 Å². The zero-order valence-electron chi connectivity index (χ0n) is 26.0. The lowest BCUT2D eigenvalue weighted by atomic mass is 9.80. The number of hydrogen-bond acceptors (Lipinski definition) is 8. The number of carbonyl (C=O) groups is 2. The van der Waals surface area contributed by atoms with E-state index in [0.717, 1.165) is 0 Å². The molecule has 0 aliphatic carbocycles. The summed E-state index contributed by atoms with van der Waals surface area (Å²) in [5, 5.41) is 0. The van der Waals surface area contributed by atoms with E-state index in [9.17, 15) is 62.3 Å². The second kappa shape index (κ2) is 15.7. The Morgan fingerprint density at radius 3 is 1.19 bits per heavy atom. The summed E-state index contributed by atoms with van der Waals surface area (Å²) in [4.78, 5) is 22.2. The van der Waals surface area contributed by atoms with E-state index in [-0.39, 0.29) is 12.2 Å². The molecule has 0 aliphatic rings. The monoisotopic (exact) mass is 854 g/mol. The molecule has 0 rings (SSSR count). The zero-order valence-corrected chi connectivity index (χ0v) is 26.0. The van der Waals surface area contributed by atoms with Crippen LogP contribution in [0.2, 0.25) is 0 Å². The van der Waals surface area contributed by atoms with Crippen molar-refractivity contribution in [3.63, 3.8) is 0 Å². The van der Waals surface area contributed by atoms with Crippen molar-refractivity contribution >= 4 is 11.9 Å². The van der Waals surface area contributed by atoms with Crippen LogP contribution in [0.15, 0.2) is 25.3 Å². The van der Waals surface area contributed by atoms with E-state index in [4.69, 9.17) is 0 Å². The predicted molar refractivity (Wildman–Crippen MR) is 125 cm³/mol. The van der Waals surface area contributed by atoms with Crippen LogP contribution in [0.3, 0.4) is 0 Å². The van der Waals surface area contributed by atoms with Crippen molar-refractivity contribution in [2.45, 2.75) is 85.4 Å². The Morgan fingerprint density at radius 2 is 0.852 bits per heavy atom. The van der Waals surface area contributed by atoms with Crippen LogP contribution in [-0.4, -0.2) is 110 Å². The summed E-state index contributed by atoms with van der Waals surface area (Å²) >= 11 is 0. The molecule has 0 spiro atoms. The second-order valence-corrected chi connectivity index (χ2v) is 10.3. The highest BCUT2D eigenvalue weighted by Crippen LogP contribution is 2.66. The highest BCUT2D eigenvalue weighted by atomic mass is 19.4. The number of carbonyl (C=O) groups excluding carboxylic acids is 2. The molecule has 0 aromatic heterocycles. The average molecular weight is 854 g/mol. The first-order valence-electron chi connectivity index (χ1n) is 12.9. The van der Waals surface area contributed by atoms with Crippen LogP contribution < -0.4 is 0 Å². The minimum atomic E-state index is -9.34. The summed E-state index contributed by atoms with van der Waals surface area (Å²) in [6.45, 7) is -10.9. The summed E-state index contributed by atoms with van der Waals surface area (Å²) in [6, 6.07) is 0. The third-order valence-electron chi connectivity index (χ3n) is 5.87. The Labute approximate surface area is 284 Å². The molecular weight excluding hydrogens is 834 g/mol. The maximum absolute atomic E-state index is 16.5. The topological polar surface area (TPSA) is 89.5 Å². The molecule has 318 valence electrons. The second-order valence-electron chi connectivity index (χ2n) is 10.3. The molecule has 54 heavy (non-hydrogen) atoms. The van der Waals surface area contributed by atoms with Gasteiger partial charge in [0.15, 0.2) is 19.9 Å². The van der Waals surface area contributed by atoms with Crippen molar-refractivity contribution in [1.82, 2.24) is 0 Å². The van der Waals surface area contributed by atoms with E-state index in [1.807, 2.05) is 9.47 Å². The van der Waals surface area contributed by atoms with Gasteiger partial charge in [-0.1, -0.05) is 13.2 Å². The van der Waals surface area contributed by atoms with Crippen molar-refractivity contribution in [2.75, 3.05) is 26.6 Å². The molecule has 6 unspecified atom stereocenters. The Balaban J connectivity index is 8.78. The molecule has 0 N–H and O–H groups in total. The smallest absolute Gasteiger partial charge is 0.452 e. The molecule has 0 radical (unpaired) electrons. The standard InChI is InChI=1S/C24H20F22O8/c1-5-11(47)49-9-15(29,8-26)53-23(43,44)18(32,24(45,46)54-16(30,20(36,37)38)10-50-12(48)6-2)17(31,21(39,40)51-13(3,27)7-25)22(41,42)52-14(4,28)19(33,34)35/h5-6H,1-2,7-10H2,3-4H3. The van der Waals surface area contributed by atoms with Crippen molar-refractivity contribution < 1.29 is 135 Å². The van der Waals surface area contributed by atoms with Gasteiger partial charge in [-0.2, -0.15) is 65.9 Å². The fourth-order valence-electron chi connectivity index (χ4n) is 3.17. The first kappa shape index (κ1) is 50.7. The van der Waals surface area contributed by atoms with E-state index in [1.54, 1.807) is 0 Å². The number of ether oxygens (including phenoxy) is 6. The zero-order chi connectivity index (χ0) is 43.6. The quantitative estimate of drug-likeness (QED) is 0.0652. The predicted octanol–water partition coefficient (Wildman–Crippen LogP) is 8.07. The van der Waals surface area contributed by atoms with Crippen molar-refractivity contribution in [3.8, 4) is 0 Å². The first-order chi connectivity index (χ1) is 23.6. The molecule has 0 saturated carbocycles. The molecule has 0 heterocycles. The van der Waals surface area contributed by atoms with Gasteiger partial charge < -0.3 is 9.47 Å². The maximum atomic E-state index is 16.5. The van der Waals surface area contributed by atoms with Crippen LogP contribution in [0.4, 0.5) is 96.6 Å². The van der Waals surface area contributed by atoms with Gasteiger partial charge in [0.25, 0.3) is 5.85 Å². The first-order valence-corrected chi connectivity index (χ1v) is 12.9. The summed E-state index contributed by atoms with van der Waals surface area (Å²) in [7, 11) is 0. The number of halogens is 22. The third kappa shape index (κ3) is 9.93. The van der Waals surface area contributed by atoms with Gasteiger partial charge in [0.1, 0.15) is 6.67 Å². The lowest BCUT2D eigenvalue weighted by Gasteiger charge is -2.51. The Kier molecular flexibility index (Phi) is 14.7. The van der Waals surface area contributed by atoms with Crippen molar-refractivity contribution in [3.05, 3.63) is 25.3 Å². The fraction of sp³-hybridized carbons (Fsp3) is 0.750. The van der Waals surface area contributed by atoms with Gasteiger partial charge in [-0.25, -0.2) is 40.3 Å². The summed E-state index contributed by atoms with van der Waals surface area (Å²) in [6.07, 6.45) is -49.7. The molecule has 0 saturated heterocycles. The Morgan fingerprint density at radius 1 is 0.500 bits per heavy atom. The normalized spacial score (nSPS) is 20.5. The minimum absolute atomic E-state index is 0.106. The van der Waals surface area contributed by atoms with Gasteiger partial charge in [0.05, 0.1) is 0 Å². The molecule has 30 heteroatoms. The Hall–Kier alpha value is -3.28. The van der Waals surface area contributed by atoms with E-state index in [0.29, 0.717) is 0 Å². The molecule has 0 fully saturated rings. The van der Waals surface area contributed by atoms with Crippen LogP contribution in [0.1, 0.15) is 13.8 Å². The number of esters is 2. The number of alkyl halides is 22. The SMILES string of the molecule is C=CC(=O)OCC(F)(CF)OC(F)(F)C(F)(C(F)(F)OC(F)(COC(=O)C=C)C(F)(F)F)C(F)(C(F)(F)OC(C)(F)CF)C(F)(F)OC(C)(F)C(F)(F)F. The van der Waals surface area contributed by atoms with Crippen molar-refractivity contribution in [2.24, 2.45) is 0 Å². The minimum Gasteiger partial charge on any atom is -0.456 e. The lowest BCUT2D eigenvalue weighted by Crippen LogP contribution is -2.83. The van der Waals surface area contributed by atoms with Crippen LogP contribution >= 0.6 is 0 Å². The maximum Gasteiger partial charge on any atom is 0.452 e. The average Bonchev–Trinajstić information content (AvgIpc) is 2.98. The number of hydrogen-bond donors (Lipinski definition) is 0. The van der Waals surface area contributed by atoms with Crippen LogP contribution in [-0.2, 0) is 38.0 Å². The van der Waals surface area contributed by atoms with Gasteiger partial charge in [-0.3, -0.25) is 18.9 Å². The van der Waals surface area contributed by atoms with Crippen LogP contribution in [0, 0.1) is 0 Å². The van der Waals surface area contributed by atoms with Gasteiger partial charge >= 0.3 is 71.8 Å². The molecule has 0 aromatic carbocycles. The Bertz CT molecular complexity index is 1350. The largest absolute Gasteiger partial charge is 0.456 e.